The molecular weight excluding hydrogens is 362 g/mol. The highest BCUT2D eigenvalue weighted by Crippen LogP contribution is 2.31. The van der Waals surface area contributed by atoms with Crippen LogP contribution >= 0.6 is 12.2 Å². The Kier molecular flexibility index (Phi) is 6.96. The predicted molar refractivity (Wildman–Crippen MR) is 110 cm³/mol. The lowest BCUT2D eigenvalue weighted by Crippen LogP contribution is -2.46. The number of amides is 1. The van der Waals surface area contributed by atoms with Gasteiger partial charge in [0.25, 0.3) is 0 Å². The second-order valence-corrected chi connectivity index (χ2v) is 7.34. The monoisotopic (exact) mass is 389 g/mol. The molecule has 0 unspecified atom stereocenters. The number of rotatable bonds is 6. The second kappa shape index (κ2) is 8.99. The smallest absolute Gasteiger partial charge is 0.338 e. The minimum Gasteiger partial charge on any atom is -0.462 e. The minimum absolute atomic E-state index is 0.0463. The van der Waals surface area contributed by atoms with Crippen LogP contribution in [0.3, 0.4) is 0 Å². The SMILES string of the molecule is CCC(=O)Nc1ccc([C@H]2NC(=S)N(C)C(C)=C2C(=O)OCC(C)C)cc1. The third-order valence-corrected chi connectivity index (χ3v) is 4.76. The molecule has 2 rings (SSSR count). The van der Waals surface area contributed by atoms with Crippen LogP contribution < -0.4 is 10.6 Å². The van der Waals surface area contributed by atoms with Gasteiger partial charge < -0.3 is 20.3 Å². The fraction of sp³-hybridized carbons (Fsp3) is 0.450. The zero-order chi connectivity index (χ0) is 20.1. The number of ether oxygens (including phenoxy) is 1. The van der Waals surface area contributed by atoms with E-state index < -0.39 is 6.04 Å². The van der Waals surface area contributed by atoms with E-state index in [1.54, 1.807) is 11.8 Å². The van der Waals surface area contributed by atoms with Gasteiger partial charge in [-0.3, -0.25) is 4.79 Å². The summed E-state index contributed by atoms with van der Waals surface area (Å²) in [6, 6.07) is 6.99. The summed E-state index contributed by atoms with van der Waals surface area (Å²) in [6.07, 6.45) is 0.417. The van der Waals surface area contributed by atoms with Gasteiger partial charge in [-0.1, -0.05) is 32.9 Å². The molecule has 6 nitrogen and oxygen atoms in total. The van der Waals surface area contributed by atoms with E-state index >= 15 is 0 Å². The number of carbonyl (C=O) groups excluding carboxylic acids is 2. The number of nitrogens with zero attached hydrogens (tertiary/aromatic N) is 1. The average Bonchev–Trinajstić information content (AvgIpc) is 2.64. The first kappa shape index (κ1) is 20.9. The van der Waals surface area contributed by atoms with Crippen LogP contribution in [0.4, 0.5) is 5.69 Å². The van der Waals surface area contributed by atoms with E-state index in [1.807, 2.05) is 52.1 Å². The molecule has 27 heavy (non-hydrogen) atoms. The largest absolute Gasteiger partial charge is 0.462 e. The van der Waals surface area contributed by atoms with Gasteiger partial charge in [0.05, 0.1) is 18.2 Å². The van der Waals surface area contributed by atoms with Gasteiger partial charge in [0.2, 0.25) is 5.91 Å². The first-order chi connectivity index (χ1) is 12.7. The van der Waals surface area contributed by atoms with Gasteiger partial charge in [-0.2, -0.15) is 0 Å². The van der Waals surface area contributed by atoms with E-state index in [-0.39, 0.29) is 17.8 Å². The van der Waals surface area contributed by atoms with Crippen molar-refractivity contribution in [3.05, 3.63) is 41.1 Å². The van der Waals surface area contributed by atoms with Gasteiger partial charge >= 0.3 is 5.97 Å². The molecule has 1 amide bonds. The van der Waals surface area contributed by atoms with E-state index in [0.717, 1.165) is 11.3 Å². The number of anilines is 1. The third kappa shape index (κ3) is 5.07. The maximum atomic E-state index is 12.8. The molecule has 0 bridgehead atoms. The van der Waals surface area contributed by atoms with Crippen molar-refractivity contribution in [2.45, 2.75) is 40.2 Å². The zero-order valence-corrected chi connectivity index (χ0v) is 17.3. The van der Waals surface area contributed by atoms with Crippen LogP contribution in [-0.2, 0) is 14.3 Å². The van der Waals surface area contributed by atoms with Crippen molar-refractivity contribution in [2.75, 3.05) is 19.0 Å². The molecule has 0 fully saturated rings. The van der Waals surface area contributed by atoms with Gasteiger partial charge in [0.15, 0.2) is 5.11 Å². The molecule has 146 valence electrons. The molecule has 1 aliphatic heterocycles. The molecule has 0 saturated heterocycles. The quantitative estimate of drug-likeness (QED) is 0.574. The molecule has 1 atom stereocenters. The molecule has 1 aliphatic rings. The summed E-state index contributed by atoms with van der Waals surface area (Å²) in [6.45, 7) is 8.02. The second-order valence-electron chi connectivity index (χ2n) is 6.96. The van der Waals surface area contributed by atoms with Crippen LogP contribution in [0.2, 0.25) is 0 Å². The van der Waals surface area contributed by atoms with Crippen LogP contribution in [0.1, 0.15) is 45.7 Å². The van der Waals surface area contributed by atoms with Crippen molar-refractivity contribution in [1.29, 1.82) is 0 Å². The van der Waals surface area contributed by atoms with Crippen molar-refractivity contribution in [2.24, 2.45) is 5.92 Å². The summed E-state index contributed by atoms with van der Waals surface area (Å²) < 4.78 is 5.48. The Morgan fingerprint density at radius 1 is 1.30 bits per heavy atom. The maximum absolute atomic E-state index is 12.8. The van der Waals surface area contributed by atoms with E-state index in [4.69, 9.17) is 17.0 Å². The van der Waals surface area contributed by atoms with Crippen LogP contribution in [0.25, 0.3) is 0 Å². The molecular formula is C20H27N3O3S. The van der Waals surface area contributed by atoms with Gasteiger partial charge in [-0.05, 0) is 42.8 Å². The maximum Gasteiger partial charge on any atom is 0.338 e. The van der Waals surface area contributed by atoms with Crippen LogP contribution in [0, 0.1) is 5.92 Å². The highest BCUT2D eigenvalue weighted by Gasteiger charge is 2.33. The molecule has 1 heterocycles. The van der Waals surface area contributed by atoms with Crippen molar-refractivity contribution in [3.63, 3.8) is 0 Å². The lowest BCUT2D eigenvalue weighted by molar-refractivity contribution is -0.140. The molecule has 0 spiro atoms. The van der Waals surface area contributed by atoms with Crippen LogP contribution in [0.5, 0.6) is 0 Å². The number of thiocarbonyl (C=S) groups is 1. The van der Waals surface area contributed by atoms with Crippen LogP contribution in [-0.4, -0.2) is 35.5 Å². The number of nitrogens with one attached hydrogen (secondary N) is 2. The molecule has 7 heteroatoms. The lowest BCUT2D eigenvalue weighted by atomic mass is 9.95. The highest BCUT2D eigenvalue weighted by molar-refractivity contribution is 7.80. The summed E-state index contributed by atoms with van der Waals surface area (Å²) in [5.74, 6) is -0.142. The standard InChI is InChI=1S/C20H27N3O3S/c1-6-16(24)21-15-9-7-14(8-10-15)18-17(19(25)26-11-12(2)3)13(4)23(5)20(27)22-18/h7-10,12,18H,6,11H2,1-5H3,(H,21,24)(H,22,27)/t18-/m1/s1. The number of hydrogen-bond acceptors (Lipinski definition) is 4. The Morgan fingerprint density at radius 3 is 2.48 bits per heavy atom. The Balaban J connectivity index is 2.32. The van der Waals surface area contributed by atoms with Gasteiger partial charge in [0.1, 0.15) is 0 Å². The number of benzene rings is 1. The van der Waals surface area contributed by atoms with Crippen molar-refractivity contribution in [1.82, 2.24) is 10.2 Å². The Morgan fingerprint density at radius 2 is 1.93 bits per heavy atom. The van der Waals surface area contributed by atoms with E-state index in [2.05, 4.69) is 10.6 Å². The molecule has 0 radical (unpaired) electrons. The molecule has 1 aromatic carbocycles. The molecule has 0 aromatic heterocycles. The normalized spacial score (nSPS) is 17.0. The molecule has 0 saturated carbocycles. The third-order valence-electron chi connectivity index (χ3n) is 4.37. The average molecular weight is 390 g/mol. The van der Waals surface area contributed by atoms with E-state index in [1.165, 1.54) is 0 Å². The number of carbonyl (C=O) groups is 2. The Hall–Kier alpha value is -2.41. The number of allylic oxidation sites excluding steroid dienone is 1. The topological polar surface area (TPSA) is 70.7 Å². The van der Waals surface area contributed by atoms with Crippen molar-refractivity contribution < 1.29 is 14.3 Å². The van der Waals surface area contributed by atoms with Gasteiger partial charge in [-0.25, -0.2) is 4.79 Å². The zero-order valence-electron chi connectivity index (χ0n) is 16.5. The summed E-state index contributed by atoms with van der Waals surface area (Å²) in [7, 11) is 1.82. The first-order valence-electron chi connectivity index (χ1n) is 9.06. The van der Waals surface area contributed by atoms with Crippen molar-refractivity contribution >= 4 is 34.9 Å². The number of hydrogen-bond donors (Lipinski definition) is 2. The van der Waals surface area contributed by atoms with Crippen molar-refractivity contribution in [3.8, 4) is 0 Å². The predicted octanol–water partition coefficient (Wildman–Crippen LogP) is 3.37. The Labute approximate surface area is 166 Å². The molecule has 2 N–H and O–H groups in total. The molecule has 1 aromatic rings. The summed E-state index contributed by atoms with van der Waals surface area (Å²) >= 11 is 5.40. The highest BCUT2D eigenvalue weighted by atomic mass is 32.1. The fourth-order valence-electron chi connectivity index (χ4n) is 2.68. The number of esters is 1. The van der Waals surface area contributed by atoms with Crippen LogP contribution in [0.15, 0.2) is 35.5 Å². The fourth-order valence-corrected chi connectivity index (χ4v) is 2.93. The summed E-state index contributed by atoms with van der Waals surface area (Å²) in [4.78, 5) is 26.1. The summed E-state index contributed by atoms with van der Waals surface area (Å²) in [5.41, 5.74) is 2.89. The first-order valence-corrected chi connectivity index (χ1v) is 9.47. The molecule has 0 aliphatic carbocycles. The van der Waals surface area contributed by atoms with Gasteiger partial charge in [-0.15, -0.1) is 0 Å². The van der Waals surface area contributed by atoms with E-state index in [0.29, 0.717) is 29.4 Å². The lowest BCUT2D eigenvalue weighted by Gasteiger charge is -2.35. The Bertz CT molecular complexity index is 756. The van der Waals surface area contributed by atoms with Gasteiger partial charge in [0, 0.05) is 24.9 Å². The minimum atomic E-state index is -0.399. The van der Waals surface area contributed by atoms with E-state index in [9.17, 15) is 9.59 Å². The summed E-state index contributed by atoms with van der Waals surface area (Å²) in [5, 5.41) is 6.57.